The monoisotopic (exact) mass is 411 g/mol. The summed E-state index contributed by atoms with van der Waals surface area (Å²) in [6.45, 7) is 2.22. The number of benzene rings is 1. The molecule has 0 aliphatic heterocycles. The second kappa shape index (κ2) is 7.99. The van der Waals surface area contributed by atoms with Gasteiger partial charge in [-0.3, -0.25) is 4.79 Å². The largest absolute Gasteiger partial charge is 0.349 e. The third-order valence-electron chi connectivity index (χ3n) is 5.57. The van der Waals surface area contributed by atoms with Crippen molar-refractivity contribution in [2.45, 2.75) is 49.3 Å². The average molecular weight is 412 g/mol. The topological polar surface area (TPSA) is 80.5 Å². The van der Waals surface area contributed by atoms with Gasteiger partial charge in [-0.1, -0.05) is 25.1 Å². The molecule has 4 rings (SSSR count). The maximum Gasteiger partial charge on any atom is 0.252 e. The summed E-state index contributed by atoms with van der Waals surface area (Å²) in [7, 11) is -3.72. The van der Waals surface area contributed by atoms with Crippen LogP contribution in [0, 0.1) is 5.92 Å². The van der Waals surface area contributed by atoms with Gasteiger partial charge in [-0.2, -0.15) is 0 Å². The van der Waals surface area contributed by atoms with Crippen molar-refractivity contribution in [3.8, 4) is 0 Å². The van der Waals surface area contributed by atoms with E-state index in [0.29, 0.717) is 17.3 Å². The third kappa shape index (κ3) is 4.34. The van der Waals surface area contributed by atoms with Crippen molar-refractivity contribution < 1.29 is 13.2 Å². The summed E-state index contributed by atoms with van der Waals surface area (Å²) in [5.41, 5.74) is 1.35. The van der Waals surface area contributed by atoms with Gasteiger partial charge in [-0.05, 0) is 55.9 Å². The van der Waals surface area contributed by atoms with E-state index in [1.807, 2.05) is 24.4 Å². The molecule has 1 saturated carbocycles. The SMILES string of the molecule is CC1CCC(NC(=O)c2ccccc2S(=O)(=O)Cc2cn3ccccc3n2)CC1. The Morgan fingerprint density at radius 2 is 1.83 bits per heavy atom. The summed E-state index contributed by atoms with van der Waals surface area (Å²) in [4.78, 5) is 17.3. The fraction of sp³-hybridized carbons (Fsp3) is 0.364. The second-order valence-corrected chi connectivity index (χ2v) is 9.84. The van der Waals surface area contributed by atoms with Gasteiger partial charge in [-0.25, -0.2) is 13.4 Å². The number of fused-ring (bicyclic) bond motifs is 1. The molecule has 1 fully saturated rings. The van der Waals surface area contributed by atoms with Crippen LogP contribution < -0.4 is 5.32 Å². The van der Waals surface area contributed by atoms with Crippen molar-refractivity contribution >= 4 is 21.4 Å². The van der Waals surface area contributed by atoms with Crippen LogP contribution in [0.3, 0.4) is 0 Å². The van der Waals surface area contributed by atoms with Gasteiger partial charge in [0.1, 0.15) is 5.65 Å². The number of pyridine rings is 1. The highest BCUT2D eigenvalue weighted by Crippen LogP contribution is 2.25. The number of aromatic nitrogens is 2. The van der Waals surface area contributed by atoms with Crippen LogP contribution in [0.4, 0.5) is 0 Å². The highest BCUT2D eigenvalue weighted by Gasteiger charge is 2.26. The van der Waals surface area contributed by atoms with Gasteiger partial charge >= 0.3 is 0 Å². The summed E-state index contributed by atoms with van der Waals surface area (Å²) < 4.78 is 28.0. The number of carbonyl (C=O) groups is 1. The zero-order chi connectivity index (χ0) is 20.4. The number of amides is 1. The summed E-state index contributed by atoms with van der Waals surface area (Å²) >= 11 is 0. The first-order valence-corrected chi connectivity index (χ1v) is 11.6. The zero-order valence-electron chi connectivity index (χ0n) is 16.4. The summed E-state index contributed by atoms with van der Waals surface area (Å²) in [5, 5.41) is 3.03. The maximum atomic E-state index is 13.1. The van der Waals surface area contributed by atoms with Gasteiger partial charge in [0.15, 0.2) is 9.84 Å². The minimum atomic E-state index is -3.72. The highest BCUT2D eigenvalue weighted by atomic mass is 32.2. The first kappa shape index (κ1) is 19.6. The van der Waals surface area contributed by atoms with Gasteiger partial charge in [0.05, 0.1) is 21.9 Å². The second-order valence-electron chi connectivity index (χ2n) is 7.88. The molecular weight excluding hydrogens is 386 g/mol. The number of nitrogens with zero attached hydrogens (tertiary/aromatic N) is 2. The molecule has 29 heavy (non-hydrogen) atoms. The van der Waals surface area contributed by atoms with E-state index in [1.54, 1.807) is 28.8 Å². The lowest BCUT2D eigenvalue weighted by atomic mass is 9.87. The van der Waals surface area contributed by atoms with Crippen LogP contribution in [0.5, 0.6) is 0 Å². The van der Waals surface area contributed by atoms with Crippen molar-refractivity contribution in [2.75, 3.05) is 0 Å². The highest BCUT2D eigenvalue weighted by molar-refractivity contribution is 7.90. The standard InChI is InChI=1S/C22H25N3O3S/c1-16-9-11-17(12-10-16)24-22(26)19-6-2-3-7-20(19)29(27,28)15-18-14-25-13-5-4-8-21(25)23-18/h2-8,13-14,16-17H,9-12,15H2,1H3,(H,24,26). The van der Waals surface area contributed by atoms with Crippen LogP contribution in [0.2, 0.25) is 0 Å². The van der Waals surface area contributed by atoms with Gasteiger partial charge in [0.25, 0.3) is 5.91 Å². The molecule has 1 amide bonds. The number of carbonyl (C=O) groups excluding carboxylic acids is 1. The van der Waals surface area contributed by atoms with Crippen molar-refractivity contribution in [2.24, 2.45) is 5.92 Å². The Labute approximate surface area is 170 Å². The van der Waals surface area contributed by atoms with Crippen molar-refractivity contribution in [1.82, 2.24) is 14.7 Å². The molecule has 0 spiro atoms. The Balaban J connectivity index is 1.56. The lowest BCUT2D eigenvalue weighted by Gasteiger charge is -2.27. The molecular formula is C22H25N3O3S. The molecule has 1 aliphatic rings. The summed E-state index contributed by atoms with van der Waals surface area (Å²) in [6.07, 6.45) is 7.56. The molecule has 1 N–H and O–H groups in total. The molecule has 3 aromatic rings. The molecule has 2 aromatic heterocycles. The van der Waals surface area contributed by atoms with Crippen molar-refractivity contribution in [1.29, 1.82) is 0 Å². The van der Waals surface area contributed by atoms with Crippen molar-refractivity contribution in [3.05, 3.63) is 66.1 Å². The molecule has 0 radical (unpaired) electrons. The number of rotatable bonds is 5. The quantitative estimate of drug-likeness (QED) is 0.695. The normalized spacial score (nSPS) is 19.9. The maximum absolute atomic E-state index is 13.1. The Kier molecular flexibility index (Phi) is 5.41. The lowest BCUT2D eigenvalue weighted by Crippen LogP contribution is -2.37. The smallest absolute Gasteiger partial charge is 0.252 e. The Bertz CT molecular complexity index is 1100. The molecule has 152 valence electrons. The molecule has 0 unspecified atom stereocenters. The van der Waals surface area contributed by atoms with E-state index in [-0.39, 0.29) is 28.2 Å². The number of nitrogens with one attached hydrogen (secondary N) is 1. The Morgan fingerprint density at radius 1 is 1.10 bits per heavy atom. The van der Waals surface area contributed by atoms with E-state index < -0.39 is 9.84 Å². The zero-order valence-corrected chi connectivity index (χ0v) is 17.2. The minimum Gasteiger partial charge on any atom is -0.349 e. The predicted molar refractivity (Wildman–Crippen MR) is 111 cm³/mol. The van der Waals surface area contributed by atoms with E-state index >= 15 is 0 Å². The van der Waals surface area contributed by atoms with E-state index in [2.05, 4.69) is 17.2 Å². The fourth-order valence-corrected chi connectivity index (χ4v) is 5.39. The van der Waals surface area contributed by atoms with Crippen molar-refractivity contribution in [3.63, 3.8) is 0 Å². The van der Waals surface area contributed by atoms with E-state index in [9.17, 15) is 13.2 Å². The van der Waals surface area contributed by atoms with Gasteiger partial charge < -0.3 is 9.72 Å². The molecule has 0 saturated heterocycles. The van der Waals surface area contributed by atoms with Crippen LogP contribution in [0.25, 0.3) is 5.65 Å². The predicted octanol–water partition coefficient (Wildman–Crippen LogP) is 3.62. The summed E-state index contributed by atoms with van der Waals surface area (Å²) in [5.74, 6) is 0.111. The number of imidazole rings is 1. The third-order valence-corrected chi connectivity index (χ3v) is 7.27. The van der Waals surface area contributed by atoms with Gasteiger partial charge in [-0.15, -0.1) is 0 Å². The molecule has 7 heteroatoms. The lowest BCUT2D eigenvalue weighted by molar-refractivity contribution is 0.0919. The summed E-state index contributed by atoms with van der Waals surface area (Å²) in [6, 6.07) is 12.1. The van der Waals surface area contributed by atoms with E-state index in [0.717, 1.165) is 25.7 Å². The molecule has 2 heterocycles. The molecule has 0 atom stereocenters. The van der Waals surface area contributed by atoms with Crippen LogP contribution in [-0.4, -0.2) is 29.8 Å². The average Bonchev–Trinajstić information content (AvgIpc) is 3.11. The number of sulfone groups is 1. The van der Waals surface area contributed by atoms with Crippen LogP contribution in [0.15, 0.2) is 59.8 Å². The van der Waals surface area contributed by atoms with Crippen LogP contribution in [0.1, 0.15) is 48.7 Å². The van der Waals surface area contributed by atoms with E-state index in [4.69, 9.17) is 0 Å². The Hall–Kier alpha value is -2.67. The van der Waals surface area contributed by atoms with Gasteiger partial charge in [0, 0.05) is 18.4 Å². The van der Waals surface area contributed by atoms with Crippen LogP contribution >= 0.6 is 0 Å². The molecule has 1 aromatic carbocycles. The van der Waals surface area contributed by atoms with Crippen LogP contribution in [-0.2, 0) is 15.6 Å². The molecule has 0 bridgehead atoms. The van der Waals surface area contributed by atoms with Gasteiger partial charge in [0.2, 0.25) is 0 Å². The minimum absolute atomic E-state index is 0.0544. The number of hydrogen-bond acceptors (Lipinski definition) is 4. The molecule has 6 nitrogen and oxygen atoms in total. The Morgan fingerprint density at radius 3 is 2.59 bits per heavy atom. The number of hydrogen-bond donors (Lipinski definition) is 1. The fourth-order valence-electron chi connectivity index (χ4n) is 3.92. The van der Waals surface area contributed by atoms with E-state index in [1.165, 1.54) is 6.07 Å². The first-order valence-electron chi connectivity index (χ1n) is 9.97. The molecule has 1 aliphatic carbocycles. The first-order chi connectivity index (χ1) is 13.9.